The van der Waals surface area contributed by atoms with Gasteiger partial charge in [-0.05, 0) is 43.0 Å². The zero-order valence-electron chi connectivity index (χ0n) is 10.1. The van der Waals surface area contributed by atoms with Gasteiger partial charge in [-0.3, -0.25) is 0 Å². The van der Waals surface area contributed by atoms with E-state index in [1.807, 2.05) is 12.5 Å². The highest BCUT2D eigenvalue weighted by molar-refractivity contribution is 5.25. The Morgan fingerprint density at radius 2 is 1.38 bits per heavy atom. The molecule has 0 radical (unpaired) electrons. The lowest BCUT2D eigenvalue weighted by atomic mass is 10.0. The standard InChI is InChI=1S/C14H18O2/c1-4-11-6-13(15-8-11)10(3)14-7-12(5-2)9-16-14/h6-10H,4-5H2,1-3H3. The first kappa shape index (κ1) is 11.1. The summed E-state index contributed by atoms with van der Waals surface area (Å²) < 4.78 is 11.1. The van der Waals surface area contributed by atoms with Gasteiger partial charge < -0.3 is 8.83 Å². The smallest absolute Gasteiger partial charge is 0.114 e. The molecular weight excluding hydrogens is 200 g/mol. The second kappa shape index (κ2) is 4.60. The van der Waals surface area contributed by atoms with Crippen LogP contribution in [-0.2, 0) is 12.8 Å². The summed E-state index contributed by atoms with van der Waals surface area (Å²) in [7, 11) is 0. The molecule has 0 unspecified atom stereocenters. The maximum Gasteiger partial charge on any atom is 0.114 e. The van der Waals surface area contributed by atoms with Crippen LogP contribution in [0.5, 0.6) is 0 Å². The number of hydrogen-bond donors (Lipinski definition) is 0. The average molecular weight is 218 g/mol. The van der Waals surface area contributed by atoms with Crippen LogP contribution in [0.15, 0.2) is 33.5 Å². The lowest BCUT2D eigenvalue weighted by Gasteiger charge is -2.03. The van der Waals surface area contributed by atoms with Crippen molar-refractivity contribution < 1.29 is 8.83 Å². The highest BCUT2D eigenvalue weighted by Gasteiger charge is 2.16. The topological polar surface area (TPSA) is 26.3 Å². The van der Waals surface area contributed by atoms with E-state index in [1.165, 1.54) is 11.1 Å². The zero-order chi connectivity index (χ0) is 11.5. The Balaban J connectivity index is 2.20. The molecule has 0 amide bonds. The van der Waals surface area contributed by atoms with Gasteiger partial charge in [0.15, 0.2) is 0 Å². The maximum atomic E-state index is 5.55. The van der Waals surface area contributed by atoms with E-state index in [-0.39, 0.29) is 5.92 Å². The fraction of sp³-hybridized carbons (Fsp3) is 0.429. The van der Waals surface area contributed by atoms with Gasteiger partial charge in [0.05, 0.1) is 18.4 Å². The third-order valence-electron chi connectivity index (χ3n) is 3.02. The Bertz CT molecular complexity index is 409. The quantitative estimate of drug-likeness (QED) is 0.770. The summed E-state index contributed by atoms with van der Waals surface area (Å²) in [5, 5.41) is 0. The van der Waals surface area contributed by atoms with Gasteiger partial charge in [-0.25, -0.2) is 0 Å². The minimum Gasteiger partial charge on any atom is -0.468 e. The molecule has 2 aromatic rings. The molecule has 2 rings (SSSR count). The molecule has 0 aromatic carbocycles. The van der Waals surface area contributed by atoms with E-state index >= 15 is 0 Å². The van der Waals surface area contributed by atoms with E-state index in [4.69, 9.17) is 8.83 Å². The molecule has 0 saturated heterocycles. The third-order valence-corrected chi connectivity index (χ3v) is 3.02. The SMILES string of the molecule is CCc1coc(C(C)c2cc(CC)co2)c1. The third kappa shape index (κ3) is 2.06. The molecule has 16 heavy (non-hydrogen) atoms. The van der Waals surface area contributed by atoms with Crippen molar-refractivity contribution in [2.24, 2.45) is 0 Å². The first-order valence-corrected chi connectivity index (χ1v) is 5.89. The second-order valence-electron chi connectivity index (χ2n) is 4.14. The molecule has 0 N–H and O–H groups in total. The number of hydrogen-bond acceptors (Lipinski definition) is 2. The predicted molar refractivity (Wildman–Crippen MR) is 63.7 cm³/mol. The van der Waals surface area contributed by atoms with E-state index in [9.17, 15) is 0 Å². The summed E-state index contributed by atoms with van der Waals surface area (Å²) in [4.78, 5) is 0. The lowest BCUT2D eigenvalue weighted by Crippen LogP contribution is -1.91. The van der Waals surface area contributed by atoms with Gasteiger partial charge in [-0.2, -0.15) is 0 Å². The molecule has 0 aliphatic heterocycles. The van der Waals surface area contributed by atoms with Gasteiger partial charge >= 0.3 is 0 Å². The first-order valence-electron chi connectivity index (χ1n) is 5.89. The Morgan fingerprint density at radius 1 is 0.938 bits per heavy atom. The van der Waals surface area contributed by atoms with Crippen LogP contribution in [0.2, 0.25) is 0 Å². The Hall–Kier alpha value is -1.44. The van der Waals surface area contributed by atoms with Crippen LogP contribution >= 0.6 is 0 Å². The van der Waals surface area contributed by atoms with Crippen molar-refractivity contribution in [3.05, 3.63) is 47.3 Å². The van der Waals surface area contributed by atoms with Gasteiger partial charge in [0.25, 0.3) is 0 Å². The van der Waals surface area contributed by atoms with Crippen molar-refractivity contribution in [2.75, 3.05) is 0 Å². The summed E-state index contributed by atoms with van der Waals surface area (Å²) >= 11 is 0. The van der Waals surface area contributed by atoms with Crippen LogP contribution in [0.4, 0.5) is 0 Å². The van der Waals surface area contributed by atoms with E-state index < -0.39 is 0 Å². The van der Waals surface area contributed by atoms with Crippen molar-refractivity contribution >= 4 is 0 Å². The first-order chi connectivity index (χ1) is 7.74. The van der Waals surface area contributed by atoms with Gasteiger partial charge in [-0.15, -0.1) is 0 Å². The van der Waals surface area contributed by atoms with Crippen LogP contribution in [0.1, 0.15) is 49.3 Å². The highest BCUT2D eigenvalue weighted by atomic mass is 16.3. The second-order valence-corrected chi connectivity index (χ2v) is 4.14. The Kier molecular flexibility index (Phi) is 3.18. The molecule has 0 bridgehead atoms. The van der Waals surface area contributed by atoms with Gasteiger partial charge in [0.1, 0.15) is 11.5 Å². The normalized spacial score (nSPS) is 11.2. The molecule has 0 saturated carbocycles. The molecule has 0 aliphatic rings. The van der Waals surface area contributed by atoms with Crippen molar-refractivity contribution in [2.45, 2.75) is 39.5 Å². The Labute approximate surface area is 96.3 Å². The molecular formula is C14H18O2. The molecule has 0 aliphatic carbocycles. The average Bonchev–Trinajstić information content (AvgIpc) is 2.97. The summed E-state index contributed by atoms with van der Waals surface area (Å²) in [5.41, 5.74) is 2.48. The molecule has 2 heteroatoms. The molecule has 0 fully saturated rings. The highest BCUT2D eigenvalue weighted by Crippen LogP contribution is 2.27. The molecule has 86 valence electrons. The van der Waals surface area contributed by atoms with Crippen molar-refractivity contribution in [3.8, 4) is 0 Å². The fourth-order valence-corrected chi connectivity index (χ4v) is 1.75. The fourth-order valence-electron chi connectivity index (χ4n) is 1.75. The van der Waals surface area contributed by atoms with Crippen molar-refractivity contribution in [1.82, 2.24) is 0 Å². The lowest BCUT2D eigenvalue weighted by molar-refractivity contribution is 0.438. The van der Waals surface area contributed by atoms with Crippen LogP contribution in [-0.4, -0.2) is 0 Å². The molecule has 0 atom stereocenters. The van der Waals surface area contributed by atoms with Crippen LogP contribution < -0.4 is 0 Å². The summed E-state index contributed by atoms with van der Waals surface area (Å²) in [6.45, 7) is 6.36. The van der Waals surface area contributed by atoms with Gasteiger partial charge in [-0.1, -0.05) is 13.8 Å². The number of aryl methyl sites for hydroxylation is 2. The van der Waals surface area contributed by atoms with Crippen LogP contribution in [0.3, 0.4) is 0 Å². The van der Waals surface area contributed by atoms with Crippen LogP contribution in [0.25, 0.3) is 0 Å². The largest absolute Gasteiger partial charge is 0.468 e. The monoisotopic (exact) mass is 218 g/mol. The minimum atomic E-state index is 0.195. The van der Waals surface area contributed by atoms with E-state index in [1.54, 1.807) is 0 Å². The molecule has 2 aromatic heterocycles. The van der Waals surface area contributed by atoms with Crippen molar-refractivity contribution in [1.29, 1.82) is 0 Å². The molecule has 2 heterocycles. The zero-order valence-corrected chi connectivity index (χ0v) is 10.1. The van der Waals surface area contributed by atoms with Gasteiger partial charge in [0, 0.05) is 0 Å². The minimum absolute atomic E-state index is 0.195. The molecule has 2 nitrogen and oxygen atoms in total. The van der Waals surface area contributed by atoms with E-state index in [0.717, 1.165) is 24.4 Å². The van der Waals surface area contributed by atoms with E-state index in [0.29, 0.717) is 0 Å². The maximum absolute atomic E-state index is 5.55. The van der Waals surface area contributed by atoms with Gasteiger partial charge in [0.2, 0.25) is 0 Å². The number of furan rings is 2. The van der Waals surface area contributed by atoms with E-state index in [2.05, 4.69) is 32.9 Å². The summed E-state index contributed by atoms with van der Waals surface area (Å²) in [6, 6.07) is 4.22. The molecule has 0 spiro atoms. The van der Waals surface area contributed by atoms with Crippen molar-refractivity contribution in [3.63, 3.8) is 0 Å². The summed E-state index contributed by atoms with van der Waals surface area (Å²) in [5.74, 6) is 2.16. The Morgan fingerprint density at radius 3 is 1.69 bits per heavy atom. The summed E-state index contributed by atoms with van der Waals surface area (Å²) in [6.07, 6.45) is 5.67. The van der Waals surface area contributed by atoms with Crippen LogP contribution in [0, 0.1) is 0 Å². The predicted octanol–water partition coefficient (Wildman–Crippen LogP) is 4.15. The number of rotatable bonds is 4.